The molecule has 0 saturated carbocycles. The second-order valence-electron chi connectivity index (χ2n) is 7.75. The highest BCUT2D eigenvalue weighted by atomic mass is 35.5. The number of hydrogen-bond acceptors (Lipinski definition) is 2. The van der Waals surface area contributed by atoms with Crippen LogP contribution in [0.15, 0.2) is 54.6 Å². The molecular weight excluding hydrogens is 382 g/mol. The summed E-state index contributed by atoms with van der Waals surface area (Å²) in [5.74, 6) is 0.604. The summed E-state index contributed by atoms with van der Waals surface area (Å²) in [6.45, 7) is 6.91. The number of amides is 1. The number of carbonyl (C=O) groups is 1. The molecule has 1 N–H and O–H groups in total. The number of rotatable bonds is 7. The van der Waals surface area contributed by atoms with E-state index < -0.39 is 0 Å². The molecule has 3 aromatic carbocycles. The highest BCUT2D eigenvalue weighted by Crippen LogP contribution is 2.37. The normalized spacial score (nSPS) is 11.2. The standard InChI is InChI=1S/C25H28ClNO2/c1-4-5-9-24(28)27(16-18-10-12-19(13-11-18)17(2)3)23-8-6-7-21-20(23)14-15-22(26)25(21)29/h6-8,10-15,17,29H,4-5,9,16H2,1-3H3. The molecule has 0 aromatic heterocycles. The van der Waals surface area contributed by atoms with Crippen LogP contribution in [0.2, 0.25) is 5.02 Å². The van der Waals surface area contributed by atoms with E-state index in [1.165, 1.54) is 5.56 Å². The summed E-state index contributed by atoms with van der Waals surface area (Å²) < 4.78 is 0. The molecule has 3 nitrogen and oxygen atoms in total. The van der Waals surface area contributed by atoms with Crippen LogP contribution < -0.4 is 4.90 Å². The molecule has 3 aromatic rings. The van der Waals surface area contributed by atoms with Crippen molar-refractivity contribution in [3.05, 3.63) is 70.7 Å². The summed E-state index contributed by atoms with van der Waals surface area (Å²) in [7, 11) is 0. The number of fused-ring (bicyclic) bond motifs is 1. The molecule has 3 rings (SSSR count). The lowest BCUT2D eigenvalue weighted by Gasteiger charge is -2.25. The van der Waals surface area contributed by atoms with Gasteiger partial charge in [0, 0.05) is 17.2 Å². The lowest BCUT2D eigenvalue weighted by Crippen LogP contribution is -2.30. The van der Waals surface area contributed by atoms with Crippen LogP contribution in [0.4, 0.5) is 5.69 Å². The first kappa shape index (κ1) is 21.2. The molecular formula is C25H28ClNO2. The van der Waals surface area contributed by atoms with Gasteiger partial charge < -0.3 is 10.0 Å². The van der Waals surface area contributed by atoms with Gasteiger partial charge in [0.15, 0.2) is 0 Å². The third-order valence-corrected chi connectivity index (χ3v) is 5.59. The maximum atomic E-state index is 13.1. The van der Waals surface area contributed by atoms with Gasteiger partial charge in [0.05, 0.1) is 17.3 Å². The number of phenolic OH excluding ortho intramolecular Hbond substituents is 1. The lowest BCUT2D eigenvalue weighted by molar-refractivity contribution is -0.118. The fraction of sp³-hybridized carbons (Fsp3) is 0.320. The Morgan fingerprint density at radius 3 is 2.41 bits per heavy atom. The molecule has 0 bridgehead atoms. The number of phenols is 1. The van der Waals surface area contributed by atoms with Crippen molar-refractivity contribution in [3.63, 3.8) is 0 Å². The van der Waals surface area contributed by atoms with Gasteiger partial charge in [0.25, 0.3) is 0 Å². The summed E-state index contributed by atoms with van der Waals surface area (Å²) in [6, 6.07) is 17.6. The first-order valence-corrected chi connectivity index (χ1v) is 10.6. The summed E-state index contributed by atoms with van der Waals surface area (Å²) in [5, 5.41) is 12.2. The Balaban J connectivity index is 2.03. The van der Waals surface area contributed by atoms with Gasteiger partial charge in [-0.25, -0.2) is 0 Å². The van der Waals surface area contributed by atoms with Crippen molar-refractivity contribution in [1.29, 1.82) is 0 Å². The molecule has 1 amide bonds. The second kappa shape index (κ2) is 9.32. The van der Waals surface area contributed by atoms with Gasteiger partial charge in [-0.2, -0.15) is 0 Å². The monoisotopic (exact) mass is 409 g/mol. The van der Waals surface area contributed by atoms with Crippen molar-refractivity contribution in [1.82, 2.24) is 0 Å². The van der Waals surface area contributed by atoms with Gasteiger partial charge >= 0.3 is 0 Å². The number of benzene rings is 3. The van der Waals surface area contributed by atoms with E-state index in [0.717, 1.165) is 29.5 Å². The van der Waals surface area contributed by atoms with Crippen molar-refractivity contribution >= 4 is 34.0 Å². The Kier molecular flexibility index (Phi) is 6.81. The van der Waals surface area contributed by atoms with Gasteiger partial charge in [0.2, 0.25) is 5.91 Å². The number of carbonyl (C=O) groups excluding carboxylic acids is 1. The molecule has 152 valence electrons. The SMILES string of the molecule is CCCCC(=O)N(Cc1ccc(C(C)C)cc1)c1cccc2c(O)c(Cl)ccc12. The van der Waals surface area contributed by atoms with Crippen LogP contribution in [0.25, 0.3) is 10.8 Å². The number of anilines is 1. The smallest absolute Gasteiger partial charge is 0.227 e. The van der Waals surface area contributed by atoms with Crippen molar-refractivity contribution in [2.75, 3.05) is 4.90 Å². The van der Waals surface area contributed by atoms with Crippen LogP contribution in [0, 0.1) is 0 Å². The van der Waals surface area contributed by atoms with E-state index in [2.05, 4.69) is 45.0 Å². The zero-order chi connectivity index (χ0) is 21.0. The lowest BCUT2D eigenvalue weighted by atomic mass is 10.0. The van der Waals surface area contributed by atoms with Gasteiger partial charge in [-0.15, -0.1) is 0 Å². The third-order valence-electron chi connectivity index (χ3n) is 5.28. The minimum absolute atomic E-state index is 0.0493. The molecule has 0 saturated heterocycles. The Bertz CT molecular complexity index is 996. The van der Waals surface area contributed by atoms with E-state index in [1.807, 2.05) is 29.2 Å². The number of halogens is 1. The molecule has 4 heteroatoms. The van der Waals surface area contributed by atoms with Gasteiger partial charge in [0.1, 0.15) is 5.75 Å². The van der Waals surface area contributed by atoms with E-state index in [-0.39, 0.29) is 11.7 Å². The van der Waals surface area contributed by atoms with Crippen LogP contribution in [0.3, 0.4) is 0 Å². The number of nitrogens with zero attached hydrogens (tertiary/aromatic N) is 1. The van der Waals surface area contributed by atoms with Crippen LogP contribution in [0.1, 0.15) is 57.1 Å². The maximum Gasteiger partial charge on any atom is 0.227 e. The second-order valence-corrected chi connectivity index (χ2v) is 8.16. The van der Waals surface area contributed by atoms with E-state index in [0.29, 0.717) is 29.3 Å². The minimum atomic E-state index is 0.0493. The Morgan fingerprint density at radius 1 is 1.03 bits per heavy atom. The largest absolute Gasteiger partial charge is 0.506 e. The molecule has 0 spiro atoms. The third kappa shape index (κ3) is 4.73. The van der Waals surface area contributed by atoms with E-state index >= 15 is 0 Å². The molecule has 0 unspecified atom stereocenters. The van der Waals surface area contributed by atoms with Gasteiger partial charge in [-0.05, 0) is 35.6 Å². The quantitative estimate of drug-likeness (QED) is 0.454. The topological polar surface area (TPSA) is 40.5 Å². The maximum absolute atomic E-state index is 13.1. The predicted molar refractivity (Wildman–Crippen MR) is 122 cm³/mol. The number of unbranched alkanes of at least 4 members (excludes halogenated alkanes) is 1. The summed E-state index contributed by atoms with van der Waals surface area (Å²) >= 11 is 6.09. The van der Waals surface area contributed by atoms with Crippen LogP contribution in [-0.4, -0.2) is 11.0 Å². The average molecular weight is 410 g/mol. The van der Waals surface area contributed by atoms with Crippen LogP contribution in [-0.2, 0) is 11.3 Å². The first-order chi connectivity index (χ1) is 13.9. The van der Waals surface area contributed by atoms with Gasteiger partial charge in [-0.1, -0.05) is 81.3 Å². The number of aromatic hydroxyl groups is 1. The van der Waals surface area contributed by atoms with E-state index in [1.54, 1.807) is 6.07 Å². The van der Waals surface area contributed by atoms with E-state index in [9.17, 15) is 9.90 Å². The molecule has 0 radical (unpaired) electrons. The number of hydrogen-bond donors (Lipinski definition) is 1. The molecule has 0 aliphatic rings. The molecule has 0 atom stereocenters. The van der Waals surface area contributed by atoms with Crippen molar-refractivity contribution in [3.8, 4) is 5.75 Å². The highest BCUT2D eigenvalue weighted by molar-refractivity contribution is 6.33. The van der Waals surface area contributed by atoms with E-state index in [4.69, 9.17) is 11.6 Å². The zero-order valence-electron chi connectivity index (χ0n) is 17.3. The van der Waals surface area contributed by atoms with Crippen molar-refractivity contribution in [2.45, 2.75) is 52.5 Å². The summed E-state index contributed by atoms with van der Waals surface area (Å²) in [4.78, 5) is 14.9. The summed E-state index contributed by atoms with van der Waals surface area (Å²) in [6.07, 6.45) is 2.31. The van der Waals surface area contributed by atoms with Crippen LogP contribution >= 0.6 is 11.6 Å². The predicted octanol–water partition coefficient (Wildman–Crippen LogP) is 7.05. The Labute approximate surface area is 177 Å². The molecule has 29 heavy (non-hydrogen) atoms. The summed E-state index contributed by atoms with van der Waals surface area (Å²) in [5.41, 5.74) is 3.15. The van der Waals surface area contributed by atoms with Crippen molar-refractivity contribution < 1.29 is 9.90 Å². The Hall–Kier alpha value is -2.52. The minimum Gasteiger partial charge on any atom is -0.506 e. The molecule has 0 heterocycles. The fourth-order valence-corrected chi connectivity index (χ4v) is 3.66. The fourth-order valence-electron chi connectivity index (χ4n) is 3.50. The average Bonchev–Trinajstić information content (AvgIpc) is 2.73. The molecule has 0 fully saturated rings. The first-order valence-electron chi connectivity index (χ1n) is 10.2. The molecule has 0 aliphatic carbocycles. The van der Waals surface area contributed by atoms with Crippen molar-refractivity contribution in [2.24, 2.45) is 0 Å². The molecule has 0 aliphatic heterocycles. The van der Waals surface area contributed by atoms with Gasteiger partial charge in [-0.3, -0.25) is 4.79 Å². The highest BCUT2D eigenvalue weighted by Gasteiger charge is 2.19. The van der Waals surface area contributed by atoms with Crippen LogP contribution in [0.5, 0.6) is 5.75 Å². The Morgan fingerprint density at radius 2 is 1.76 bits per heavy atom. The zero-order valence-corrected chi connectivity index (χ0v) is 18.0.